The van der Waals surface area contributed by atoms with Gasteiger partial charge in [-0.2, -0.15) is 11.8 Å². The van der Waals surface area contributed by atoms with E-state index in [0.717, 1.165) is 12.0 Å². The lowest BCUT2D eigenvalue weighted by Crippen LogP contribution is -2.43. The summed E-state index contributed by atoms with van der Waals surface area (Å²) >= 11 is 1.48. The number of amides is 1. The Labute approximate surface area is 140 Å². The zero-order chi connectivity index (χ0) is 17.1. The molecule has 0 bridgehead atoms. The number of hydrogen-bond acceptors (Lipinski definition) is 5. The van der Waals surface area contributed by atoms with E-state index in [1.54, 1.807) is 7.11 Å². The van der Waals surface area contributed by atoms with Crippen LogP contribution in [0.4, 0.5) is 4.79 Å². The van der Waals surface area contributed by atoms with Crippen LogP contribution in [0.2, 0.25) is 0 Å². The summed E-state index contributed by atoms with van der Waals surface area (Å²) in [6, 6.07) is 8.23. The van der Waals surface area contributed by atoms with Crippen molar-refractivity contribution < 1.29 is 24.2 Å². The molecule has 1 rings (SSSR count). The number of ether oxygens (including phenoxy) is 2. The van der Waals surface area contributed by atoms with Gasteiger partial charge in [0.05, 0.1) is 0 Å². The molecule has 0 aliphatic heterocycles. The summed E-state index contributed by atoms with van der Waals surface area (Å²) in [5.74, 6) is -0.797. The highest BCUT2D eigenvalue weighted by Gasteiger charge is 2.21. The van der Waals surface area contributed by atoms with Gasteiger partial charge < -0.3 is 19.9 Å². The highest BCUT2D eigenvalue weighted by molar-refractivity contribution is 7.99. The molecule has 0 aliphatic rings. The third-order valence-corrected chi connectivity index (χ3v) is 4.41. The van der Waals surface area contributed by atoms with E-state index in [2.05, 4.69) is 5.32 Å². The van der Waals surface area contributed by atoms with Crippen LogP contribution in [0.5, 0.6) is 0 Å². The molecule has 2 atom stereocenters. The van der Waals surface area contributed by atoms with E-state index < -0.39 is 18.1 Å². The fourth-order valence-corrected chi connectivity index (χ4v) is 2.72. The van der Waals surface area contributed by atoms with Crippen LogP contribution in [0.15, 0.2) is 30.3 Å². The van der Waals surface area contributed by atoms with Crippen molar-refractivity contribution in [2.75, 3.05) is 19.5 Å². The molecule has 6 nitrogen and oxygen atoms in total. The molecule has 0 aliphatic carbocycles. The lowest BCUT2D eigenvalue weighted by molar-refractivity contribution is -0.138. The Kier molecular flexibility index (Phi) is 9.16. The second-order valence-electron chi connectivity index (χ2n) is 5.02. The molecule has 0 aromatic heterocycles. The number of carbonyl (C=O) groups is 2. The van der Waals surface area contributed by atoms with Crippen molar-refractivity contribution in [3.8, 4) is 0 Å². The molecule has 0 spiro atoms. The average molecular weight is 341 g/mol. The van der Waals surface area contributed by atoms with Crippen molar-refractivity contribution in [1.82, 2.24) is 5.32 Å². The Hall–Kier alpha value is -1.73. The number of thioether (sulfide) groups is 1. The normalized spacial score (nSPS) is 13.1. The second kappa shape index (κ2) is 10.9. The number of nitrogens with one attached hydrogen (secondary N) is 1. The van der Waals surface area contributed by atoms with Crippen molar-refractivity contribution >= 4 is 23.8 Å². The van der Waals surface area contributed by atoms with Crippen LogP contribution in [0.25, 0.3) is 0 Å². The van der Waals surface area contributed by atoms with Gasteiger partial charge in [0.25, 0.3) is 0 Å². The van der Waals surface area contributed by atoms with Crippen LogP contribution < -0.4 is 5.32 Å². The fraction of sp³-hybridized carbons (Fsp3) is 0.500. The largest absolute Gasteiger partial charge is 0.480 e. The minimum absolute atomic E-state index is 0.108. The Morgan fingerprint density at radius 3 is 2.61 bits per heavy atom. The molecule has 0 fully saturated rings. The molecule has 23 heavy (non-hydrogen) atoms. The minimum atomic E-state index is -1.08. The molecule has 7 heteroatoms. The molecule has 1 amide bonds. The zero-order valence-corrected chi connectivity index (χ0v) is 14.2. The molecule has 2 N–H and O–H groups in total. The van der Waals surface area contributed by atoms with Gasteiger partial charge in [-0.3, -0.25) is 0 Å². The van der Waals surface area contributed by atoms with Crippen LogP contribution in [-0.2, 0) is 20.9 Å². The predicted octanol–water partition coefficient (Wildman–Crippen LogP) is 2.52. The van der Waals surface area contributed by atoms with E-state index in [-0.39, 0.29) is 17.6 Å². The maximum Gasteiger partial charge on any atom is 0.408 e. The third-order valence-electron chi connectivity index (χ3n) is 3.08. The average Bonchev–Trinajstić information content (AvgIpc) is 2.55. The number of rotatable bonds is 10. The Bertz CT molecular complexity index is 483. The van der Waals surface area contributed by atoms with Gasteiger partial charge in [-0.25, -0.2) is 9.59 Å². The number of carbonyl (C=O) groups excluding carboxylic acids is 1. The molecular formula is C16H23NO5S. The number of alkyl carbamates (subject to hydrolysis) is 1. The number of carboxylic acids is 1. The van der Waals surface area contributed by atoms with Crippen molar-refractivity contribution in [3.05, 3.63) is 35.9 Å². The molecule has 1 aromatic rings. The molecule has 2 unspecified atom stereocenters. The smallest absolute Gasteiger partial charge is 0.408 e. The van der Waals surface area contributed by atoms with Crippen molar-refractivity contribution in [2.45, 2.75) is 31.2 Å². The summed E-state index contributed by atoms with van der Waals surface area (Å²) in [4.78, 5) is 22.9. The maximum absolute atomic E-state index is 11.7. The summed E-state index contributed by atoms with van der Waals surface area (Å²) in [5, 5.41) is 11.8. The minimum Gasteiger partial charge on any atom is -0.480 e. The van der Waals surface area contributed by atoms with Crippen molar-refractivity contribution in [2.24, 2.45) is 0 Å². The highest BCUT2D eigenvalue weighted by Crippen LogP contribution is 2.15. The number of hydrogen-bond donors (Lipinski definition) is 2. The van der Waals surface area contributed by atoms with E-state index >= 15 is 0 Å². The summed E-state index contributed by atoms with van der Waals surface area (Å²) < 4.78 is 10.0. The quantitative estimate of drug-likeness (QED) is 0.680. The number of carboxylic acid groups (broad SMARTS) is 1. The van der Waals surface area contributed by atoms with Gasteiger partial charge >= 0.3 is 12.1 Å². The molecule has 0 radical (unpaired) electrons. The molecule has 0 saturated heterocycles. The van der Waals surface area contributed by atoms with E-state index in [9.17, 15) is 14.7 Å². The van der Waals surface area contributed by atoms with Crippen molar-refractivity contribution in [1.29, 1.82) is 0 Å². The fourth-order valence-electron chi connectivity index (χ4n) is 1.71. The molecular weight excluding hydrogens is 318 g/mol. The first-order valence-corrected chi connectivity index (χ1v) is 8.38. The number of methoxy groups -OCH3 is 1. The SMILES string of the molecule is COCCC(C)SCC(NC(=O)OCc1ccccc1)C(=O)O. The second-order valence-corrected chi connectivity index (χ2v) is 6.49. The molecule has 1 aromatic carbocycles. The standard InChI is InChI=1S/C16H23NO5S/c1-12(8-9-21-2)23-11-14(15(18)19)17-16(20)22-10-13-6-4-3-5-7-13/h3-7,12,14H,8-11H2,1-2H3,(H,17,20)(H,18,19). The number of benzene rings is 1. The van der Waals surface area contributed by atoms with E-state index in [1.165, 1.54) is 11.8 Å². The molecule has 0 saturated carbocycles. The monoisotopic (exact) mass is 341 g/mol. The van der Waals surface area contributed by atoms with Gasteiger partial charge in [-0.1, -0.05) is 37.3 Å². The maximum atomic E-state index is 11.7. The van der Waals surface area contributed by atoms with Gasteiger partial charge in [-0.05, 0) is 12.0 Å². The molecule has 0 heterocycles. The van der Waals surface area contributed by atoms with Crippen LogP contribution in [0.3, 0.4) is 0 Å². The Morgan fingerprint density at radius 2 is 2.00 bits per heavy atom. The van der Waals surface area contributed by atoms with Crippen LogP contribution in [-0.4, -0.2) is 47.9 Å². The summed E-state index contributed by atoms with van der Waals surface area (Å²) in [5.41, 5.74) is 0.845. The lowest BCUT2D eigenvalue weighted by Gasteiger charge is -2.17. The third kappa shape index (κ3) is 8.47. The predicted molar refractivity (Wildman–Crippen MR) is 89.6 cm³/mol. The Balaban J connectivity index is 2.36. The topological polar surface area (TPSA) is 84.9 Å². The lowest BCUT2D eigenvalue weighted by atomic mass is 10.2. The first-order valence-electron chi connectivity index (χ1n) is 7.33. The van der Waals surface area contributed by atoms with Gasteiger partial charge in [0.15, 0.2) is 0 Å². The highest BCUT2D eigenvalue weighted by atomic mass is 32.2. The van der Waals surface area contributed by atoms with Crippen LogP contribution >= 0.6 is 11.8 Å². The van der Waals surface area contributed by atoms with E-state index in [0.29, 0.717) is 6.61 Å². The Morgan fingerprint density at radius 1 is 1.30 bits per heavy atom. The van der Waals surface area contributed by atoms with E-state index in [4.69, 9.17) is 9.47 Å². The van der Waals surface area contributed by atoms with Crippen LogP contribution in [0, 0.1) is 0 Å². The number of aliphatic carboxylic acids is 1. The van der Waals surface area contributed by atoms with Gasteiger partial charge in [0.2, 0.25) is 0 Å². The molecule has 128 valence electrons. The summed E-state index contributed by atoms with van der Waals surface area (Å²) in [7, 11) is 1.63. The van der Waals surface area contributed by atoms with Gasteiger partial charge in [0, 0.05) is 24.7 Å². The first kappa shape index (κ1) is 19.3. The summed E-state index contributed by atoms with van der Waals surface area (Å²) in [6.45, 7) is 2.73. The van der Waals surface area contributed by atoms with Crippen LogP contribution in [0.1, 0.15) is 18.9 Å². The van der Waals surface area contributed by atoms with Crippen molar-refractivity contribution in [3.63, 3.8) is 0 Å². The van der Waals surface area contributed by atoms with Gasteiger partial charge in [0.1, 0.15) is 12.6 Å². The van der Waals surface area contributed by atoms with Gasteiger partial charge in [-0.15, -0.1) is 0 Å². The summed E-state index contributed by atoms with van der Waals surface area (Å²) in [6.07, 6.45) is 0.0952. The van der Waals surface area contributed by atoms with E-state index in [1.807, 2.05) is 37.3 Å². The first-order chi connectivity index (χ1) is 11.0. The zero-order valence-electron chi connectivity index (χ0n) is 13.4.